The Morgan fingerprint density at radius 1 is 1.00 bits per heavy atom. The SMILES string of the molecule is CCC(=O)N[C@@H](C(=O)N1CCN(C)CC1)[C@@H](C)c1ccc(NC(=O)[C@@H](NC(=O)c2conc2C(C)C)C2CCCCCC2)c(F)c1. The predicted octanol–water partition coefficient (Wildman–Crippen LogP) is 4.42. The summed E-state index contributed by atoms with van der Waals surface area (Å²) in [5.41, 5.74) is 1.28. The number of hydrogen-bond donors (Lipinski definition) is 3. The first-order chi connectivity index (χ1) is 22.0. The molecule has 11 nitrogen and oxygen atoms in total. The molecule has 3 atom stereocenters. The molecular weight excluding hydrogens is 591 g/mol. The third-order valence-electron chi connectivity index (χ3n) is 9.32. The Balaban J connectivity index is 1.53. The summed E-state index contributed by atoms with van der Waals surface area (Å²) in [6.45, 7) is 9.88. The zero-order valence-corrected chi connectivity index (χ0v) is 27.7. The van der Waals surface area contributed by atoms with Crippen LogP contribution in [0.25, 0.3) is 0 Å². The van der Waals surface area contributed by atoms with Crippen LogP contribution in [0.15, 0.2) is 29.0 Å². The fraction of sp³-hybridized carbons (Fsp3) is 0.618. The van der Waals surface area contributed by atoms with Gasteiger partial charge in [-0.1, -0.05) is 64.6 Å². The first-order valence-electron chi connectivity index (χ1n) is 16.6. The molecule has 0 radical (unpaired) electrons. The van der Waals surface area contributed by atoms with Gasteiger partial charge < -0.3 is 30.3 Å². The van der Waals surface area contributed by atoms with Gasteiger partial charge >= 0.3 is 0 Å². The molecule has 4 amide bonds. The van der Waals surface area contributed by atoms with E-state index in [1.54, 1.807) is 24.8 Å². The van der Waals surface area contributed by atoms with Crippen LogP contribution in [0.5, 0.6) is 0 Å². The number of nitrogens with zero attached hydrogens (tertiary/aromatic N) is 3. The van der Waals surface area contributed by atoms with E-state index < -0.39 is 35.6 Å². The number of amides is 4. The number of carbonyl (C=O) groups excluding carboxylic acids is 4. The molecule has 252 valence electrons. The van der Waals surface area contributed by atoms with Gasteiger partial charge in [0.15, 0.2) is 0 Å². The molecule has 2 aliphatic rings. The van der Waals surface area contributed by atoms with Gasteiger partial charge in [-0.15, -0.1) is 0 Å². The van der Waals surface area contributed by atoms with Gasteiger partial charge in [0.2, 0.25) is 17.7 Å². The molecule has 2 heterocycles. The van der Waals surface area contributed by atoms with Gasteiger partial charge in [0.25, 0.3) is 5.91 Å². The van der Waals surface area contributed by atoms with E-state index in [4.69, 9.17) is 4.52 Å². The highest BCUT2D eigenvalue weighted by atomic mass is 19.1. The van der Waals surface area contributed by atoms with Crippen LogP contribution < -0.4 is 16.0 Å². The van der Waals surface area contributed by atoms with Crippen molar-refractivity contribution >= 4 is 29.3 Å². The molecule has 0 spiro atoms. The van der Waals surface area contributed by atoms with Gasteiger partial charge in [0, 0.05) is 38.5 Å². The quantitative estimate of drug-likeness (QED) is 0.310. The highest BCUT2D eigenvalue weighted by molar-refractivity contribution is 6.01. The van der Waals surface area contributed by atoms with Crippen LogP contribution in [0.1, 0.15) is 106 Å². The van der Waals surface area contributed by atoms with E-state index in [1.165, 1.54) is 18.4 Å². The normalized spacial score (nSPS) is 18.4. The molecule has 2 aromatic rings. The second-order valence-corrected chi connectivity index (χ2v) is 13.0. The standard InChI is InChI=1S/C34H49FN6O5/c1-6-28(42)37-30(34(45)41-17-15-40(5)16-18-41)22(4)24-13-14-27(26(35)19-24)36-33(44)31(23-11-9-7-8-10-12-23)38-32(43)25-20-46-39-29(25)21(2)3/h13-14,19-23,30-31H,6-12,15-18H2,1-5H3,(H,36,44)(H,37,42)(H,38,43)/t22-,30+,31-/m0/s1. The van der Waals surface area contributed by atoms with Crippen LogP contribution in [-0.4, -0.2) is 83.9 Å². The summed E-state index contributed by atoms with van der Waals surface area (Å²) in [6, 6.07) is 2.69. The van der Waals surface area contributed by atoms with Crippen LogP contribution in [-0.2, 0) is 14.4 Å². The molecule has 2 fully saturated rings. The molecule has 12 heteroatoms. The Labute approximate surface area is 271 Å². The van der Waals surface area contributed by atoms with Crippen LogP contribution in [0.2, 0.25) is 0 Å². The van der Waals surface area contributed by atoms with Gasteiger partial charge in [-0.25, -0.2) is 4.39 Å². The molecule has 1 aromatic carbocycles. The number of nitrogens with one attached hydrogen (secondary N) is 3. The second-order valence-electron chi connectivity index (χ2n) is 13.0. The molecule has 4 rings (SSSR count). The monoisotopic (exact) mass is 640 g/mol. The molecule has 1 aromatic heterocycles. The number of benzene rings is 1. The van der Waals surface area contributed by atoms with Crippen LogP contribution in [0, 0.1) is 11.7 Å². The average molecular weight is 641 g/mol. The Bertz CT molecular complexity index is 1360. The zero-order chi connectivity index (χ0) is 33.4. The molecule has 3 N–H and O–H groups in total. The lowest BCUT2D eigenvalue weighted by Crippen LogP contribution is -2.55. The van der Waals surface area contributed by atoms with Gasteiger partial charge in [-0.05, 0) is 49.4 Å². The average Bonchev–Trinajstić information content (AvgIpc) is 3.40. The third kappa shape index (κ3) is 8.71. The van der Waals surface area contributed by atoms with E-state index in [2.05, 4.69) is 26.0 Å². The lowest BCUT2D eigenvalue weighted by Gasteiger charge is -2.36. The number of likely N-dealkylation sites (N-methyl/N-ethyl adjacent to an activating group) is 1. The Morgan fingerprint density at radius 3 is 2.28 bits per heavy atom. The molecule has 1 saturated carbocycles. The summed E-state index contributed by atoms with van der Waals surface area (Å²) < 4.78 is 20.7. The minimum absolute atomic E-state index is 0.0267. The topological polar surface area (TPSA) is 137 Å². The van der Waals surface area contributed by atoms with Crippen molar-refractivity contribution in [3.05, 3.63) is 47.1 Å². The Kier molecular flexibility index (Phi) is 12.3. The molecular formula is C34H49FN6O5. The molecule has 46 heavy (non-hydrogen) atoms. The van der Waals surface area contributed by atoms with Gasteiger partial charge in [-0.2, -0.15) is 0 Å². The zero-order valence-electron chi connectivity index (χ0n) is 27.7. The number of piperazine rings is 1. The van der Waals surface area contributed by atoms with Crippen molar-refractivity contribution in [1.82, 2.24) is 25.6 Å². The predicted molar refractivity (Wildman–Crippen MR) is 173 cm³/mol. The van der Waals surface area contributed by atoms with Gasteiger partial charge in [0.1, 0.15) is 29.7 Å². The fourth-order valence-electron chi connectivity index (χ4n) is 6.31. The number of carbonyl (C=O) groups is 4. The van der Waals surface area contributed by atoms with Crippen LogP contribution in [0.3, 0.4) is 0 Å². The van der Waals surface area contributed by atoms with Crippen molar-refractivity contribution in [2.24, 2.45) is 5.92 Å². The summed E-state index contributed by atoms with van der Waals surface area (Å²) in [4.78, 5) is 56.9. The van der Waals surface area contributed by atoms with Crippen molar-refractivity contribution < 1.29 is 28.1 Å². The smallest absolute Gasteiger partial charge is 0.257 e. The molecule has 0 unspecified atom stereocenters. The Hall–Kier alpha value is -3.80. The maximum Gasteiger partial charge on any atom is 0.257 e. The summed E-state index contributed by atoms with van der Waals surface area (Å²) >= 11 is 0. The minimum Gasteiger partial charge on any atom is -0.364 e. The molecule has 1 aliphatic heterocycles. The summed E-state index contributed by atoms with van der Waals surface area (Å²) in [7, 11) is 2.00. The van der Waals surface area contributed by atoms with Gasteiger partial charge in [0.05, 0.1) is 11.4 Å². The number of rotatable bonds is 11. The van der Waals surface area contributed by atoms with Crippen molar-refractivity contribution in [1.29, 1.82) is 0 Å². The van der Waals surface area contributed by atoms with E-state index in [-0.39, 0.29) is 41.3 Å². The number of anilines is 1. The summed E-state index contributed by atoms with van der Waals surface area (Å²) in [5, 5.41) is 12.4. The minimum atomic E-state index is -0.881. The van der Waals surface area contributed by atoms with Crippen molar-refractivity contribution in [2.75, 3.05) is 38.5 Å². The third-order valence-corrected chi connectivity index (χ3v) is 9.32. The number of aromatic nitrogens is 1. The van der Waals surface area contributed by atoms with Crippen LogP contribution >= 0.6 is 0 Å². The van der Waals surface area contributed by atoms with E-state index in [0.717, 1.165) is 51.6 Å². The van der Waals surface area contributed by atoms with Gasteiger partial charge in [-0.3, -0.25) is 19.2 Å². The van der Waals surface area contributed by atoms with E-state index in [0.29, 0.717) is 24.3 Å². The fourth-order valence-corrected chi connectivity index (χ4v) is 6.31. The molecule has 1 saturated heterocycles. The second kappa shape index (κ2) is 16.2. The molecule has 1 aliphatic carbocycles. The first kappa shape index (κ1) is 35.1. The number of hydrogen-bond acceptors (Lipinski definition) is 7. The summed E-state index contributed by atoms with van der Waals surface area (Å²) in [6.07, 6.45) is 7.05. The lowest BCUT2D eigenvalue weighted by atomic mass is 9.90. The maximum atomic E-state index is 15.6. The van der Waals surface area contributed by atoms with E-state index in [1.807, 2.05) is 20.9 Å². The highest BCUT2D eigenvalue weighted by Crippen LogP contribution is 2.29. The van der Waals surface area contributed by atoms with Crippen LogP contribution in [0.4, 0.5) is 10.1 Å². The summed E-state index contributed by atoms with van der Waals surface area (Å²) in [5.74, 6) is -2.77. The van der Waals surface area contributed by atoms with Crippen molar-refractivity contribution in [3.8, 4) is 0 Å². The largest absolute Gasteiger partial charge is 0.364 e. The van der Waals surface area contributed by atoms with Crippen molar-refractivity contribution in [3.63, 3.8) is 0 Å². The number of halogens is 1. The highest BCUT2D eigenvalue weighted by Gasteiger charge is 2.35. The lowest BCUT2D eigenvalue weighted by molar-refractivity contribution is -0.138. The molecule has 0 bridgehead atoms. The van der Waals surface area contributed by atoms with Crippen molar-refractivity contribution in [2.45, 2.75) is 96.6 Å². The first-order valence-corrected chi connectivity index (χ1v) is 16.6. The van der Waals surface area contributed by atoms with E-state index in [9.17, 15) is 19.2 Å². The Morgan fingerprint density at radius 2 is 1.67 bits per heavy atom. The van der Waals surface area contributed by atoms with E-state index >= 15 is 4.39 Å². The maximum absolute atomic E-state index is 15.6.